The summed E-state index contributed by atoms with van der Waals surface area (Å²) in [5.41, 5.74) is 0. The molecule has 1 saturated heterocycles. The van der Waals surface area contributed by atoms with E-state index in [1.165, 1.54) is 32.4 Å². The van der Waals surface area contributed by atoms with Crippen molar-refractivity contribution in [2.24, 2.45) is 11.8 Å². The molecule has 2 fully saturated rings. The molecule has 0 amide bonds. The molecule has 4 unspecified atom stereocenters. The van der Waals surface area contributed by atoms with E-state index in [1.54, 1.807) is 0 Å². The van der Waals surface area contributed by atoms with E-state index in [4.69, 9.17) is 0 Å². The highest BCUT2D eigenvalue weighted by molar-refractivity contribution is 4.89. The zero-order chi connectivity index (χ0) is 10.1. The van der Waals surface area contributed by atoms with Crippen molar-refractivity contribution in [2.45, 2.75) is 45.2 Å². The number of hydrogen-bond donors (Lipinski definition) is 1. The molecule has 1 N–H and O–H groups in total. The van der Waals surface area contributed by atoms with Crippen molar-refractivity contribution < 1.29 is 0 Å². The molecule has 0 spiro atoms. The van der Waals surface area contributed by atoms with Crippen molar-refractivity contribution in [2.75, 3.05) is 20.1 Å². The zero-order valence-corrected chi connectivity index (χ0v) is 9.79. The van der Waals surface area contributed by atoms with Crippen LogP contribution >= 0.6 is 0 Å². The standard InChI is InChI=1S/C12H24N2/c1-9-4-5-12(10(9)2)13-11-6-7-14(3)8-11/h9-13H,4-8H2,1-3H3. The molecule has 4 atom stereocenters. The minimum atomic E-state index is 0.762. The average molecular weight is 196 g/mol. The lowest BCUT2D eigenvalue weighted by Crippen LogP contribution is -2.41. The van der Waals surface area contributed by atoms with Gasteiger partial charge in [-0.25, -0.2) is 0 Å². The van der Waals surface area contributed by atoms with Gasteiger partial charge >= 0.3 is 0 Å². The van der Waals surface area contributed by atoms with Gasteiger partial charge in [-0.3, -0.25) is 0 Å². The number of nitrogens with zero attached hydrogens (tertiary/aromatic N) is 1. The number of hydrogen-bond acceptors (Lipinski definition) is 2. The van der Waals surface area contributed by atoms with Crippen LogP contribution in [0, 0.1) is 11.8 Å². The van der Waals surface area contributed by atoms with Crippen LogP contribution in [0.15, 0.2) is 0 Å². The molecule has 0 bridgehead atoms. The third-order valence-electron chi connectivity index (χ3n) is 4.31. The highest BCUT2D eigenvalue weighted by Gasteiger charge is 2.32. The van der Waals surface area contributed by atoms with Crippen molar-refractivity contribution in [3.63, 3.8) is 0 Å². The van der Waals surface area contributed by atoms with Gasteiger partial charge in [0.2, 0.25) is 0 Å². The first-order chi connectivity index (χ1) is 6.66. The maximum Gasteiger partial charge on any atom is 0.0209 e. The molecular formula is C12H24N2. The highest BCUT2D eigenvalue weighted by atomic mass is 15.2. The minimum Gasteiger partial charge on any atom is -0.310 e. The molecule has 2 aliphatic rings. The molecular weight excluding hydrogens is 172 g/mol. The molecule has 2 heteroatoms. The predicted molar refractivity (Wildman–Crippen MR) is 60.4 cm³/mol. The molecule has 2 rings (SSSR count). The first kappa shape index (κ1) is 10.4. The zero-order valence-electron chi connectivity index (χ0n) is 9.79. The molecule has 1 heterocycles. The lowest BCUT2D eigenvalue weighted by atomic mass is 9.97. The molecule has 2 nitrogen and oxygen atoms in total. The molecule has 0 aromatic heterocycles. The molecule has 1 aliphatic heterocycles. The number of rotatable bonds is 2. The van der Waals surface area contributed by atoms with E-state index < -0.39 is 0 Å². The van der Waals surface area contributed by atoms with Crippen LogP contribution in [0.4, 0.5) is 0 Å². The van der Waals surface area contributed by atoms with E-state index in [9.17, 15) is 0 Å². The Morgan fingerprint density at radius 1 is 1.14 bits per heavy atom. The lowest BCUT2D eigenvalue weighted by molar-refractivity contribution is 0.329. The molecule has 14 heavy (non-hydrogen) atoms. The van der Waals surface area contributed by atoms with Gasteiger partial charge in [0.25, 0.3) is 0 Å². The van der Waals surface area contributed by atoms with Gasteiger partial charge in [0.15, 0.2) is 0 Å². The predicted octanol–water partition coefficient (Wildman–Crippen LogP) is 1.71. The fourth-order valence-corrected chi connectivity index (χ4v) is 2.97. The Balaban J connectivity index is 1.80. The second kappa shape index (κ2) is 4.19. The maximum absolute atomic E-state index is 3.85. The first-order valence-electron chi connectivity index (χ1n) is 6.11. The SMILES string of the molecule is CC1CCC(NC2CCN(C)C2)C1C. The summed E-state index contributed by atoms with van der Waals surface area (Å²) in [5.74, 6) is 1.80. The number of likely N-dealkylation sites (tertiary alicyclic amines) is 1. The van der Waals surface area contributed by atoms with Crippen LogP contribution in [0.2, 0.25) is 0 Å². The van der Waals surface area contributed by atoms with E-state index in [0.29, 0.717) is 0 Å². The summed E-state index contributed by atoms with van der Waals surface area (Å²) >= 11 is 0. The van der Waals surface area contributed by atoms with E-state index in [0.717, 1.165) is 23.9 Å². The summed E-state index contributed by atoms with van der Waals surface area (Å²) in [4.78, 5) is 2.43. The van der Waals surface area contributed by atoms with E-state index in [2.05, 4.69) is 31.1 Å². The second-order valence-electron chi connectivity index (χ2n) is 5.43. The Labute approximate surface area is 88.1 Å². The van der Waals surface area contributed by atoms with Gasteiger partial charge in [-0.2, -0.15) is 0 Å². The molecule has 0 aromatic rings. The van der Waals surface area contributed by atoms with Crippen LogP contribution in [0.25, 0.3) is 0 Å². The summed E-state index contributed by atoms with van der Waals surface area (Å²) in [6, 6.07) is 1.55. The van der Waals surface area contributed by atoms with Gasteiger partial charge in [-0.15, -0.1) is 0 Å². The van der Waals surface area contributed by atoms with Gasteiger partial charge in [0.05, 0.1) is 0 Å². The van der Waals surface area contributed by atoms with Gasteiger partial charge in [-0.1, -0.05) is 13.8 Å². The average Bonchev–Trinajstić information content (AvgIpc) is 2.67. The Bertz CT molecular complexity index is 193. The normalized spacial score (nSPS) is 44.8. The lowest BCUT2D eigenvalue weighted by Gasteiger charge is -2.23. The maximum atomic E-state index is 3.85. The van der Waals surface area contributed by atoms with Gasteiger partial charge in [0, 0.05) is 18.6 Å². The van der Waals surface area contributed by atoms with Crippen molar-refractivity contribution >= 4 is 0 Å². The molecule has 1 aliphatic carbocycles. The number of nitrogens with one attached hydrogen (secondary N) is 1. The number of likely N-dealkylation sites (N-methyl/N-ethyl adjacent to an activating group) is 1. The van der Waals surface area contributed by atoms with Crippen LogP contribution in [-0.2, 0) is 0 Å². The summed E-state index contributed by atoms with van der Waals surface area (Å²) in [6.45, 7) is 7.33. The summed E-state index contributed by atoms with van der Waals surface area (Å²) < 4.78 is 0. The van der Waals surface area contributed by atoms with Crippen molar-refractivity contribution in [3.8, 4) is 0 Å². The molecule has 0 radical (unpaired) electrons. The Morgan fingerprint density at radius 3 is 2.43 bits per heavy atom. The summed E-state index contributed by atoms with van der Waals surface area (Å²) in [6.07, 6.45) is 4.15. The highest BCUT2D eigenvalue weighted by Crippen LogP contribution is 2.31. The Hall–Kier alpha value is -0.0800. The van der Waals surface area contributed by atoms with E-state index in [1.807, 2.05) is 0 Å². The minimum absolute atomic E-state index is 0.762. The van der Waals surface area contributed by atoms with Gasteiger partial charge in [0.1, 0.15) is 0 Å². The summed E-state index contributed by atoms with van der Waals surface area (Å²) in [7, 11) is 2.22. The third kappa shape index (κ3) is 2.12. The van der Waals surface area contributed by atoms with Gasteiger partial charge in [-0.05, 0) is 44.7 Å². The van der Waals surface area contributed by atoms with Gasteiger partial charge < -0.3 is 10.2 Å². The second-order valence-corrected chi connectivity index (χ2v) is 5.43. The van der Waals surface area contributed by atoms with Crippen LogP contribution in [0.1, 0.15) is 33.1 Å². The van der Waals surface area contributed by atoms with E-state index in [-0.39, 0.29) is 0 Å². The largest absolute Gasteiger partial charge is 0.310 e. The molecule has 82 valence electrons. The van der Waals surface area contributed by atoms with Crippen LogP contribution < -0.4 is 5.32 Å². The van der Waals surface area contributed by atoms with Crippen LogP contribution in [-0.4, -0.2) is 37.1 Å². The summed E-state index contributed by atoms with van der Waals surface area (Å²) in [5, 5.41) is 3.85. The first-order valence-corrected chi connectivity index (χ1v) is 6.11. The Morgan fingerprint density at radius 2 is 1.93 bits per heavy atom. The smallest absolute Gasteiger partial charge is 0.0209 e. The fraction of sp³-hybridized carbons (Fsp3) is 1.00. The quantitative estimate of drug-likeness (QED) is 0.723. The fourth-order valence-electron chi connectivity index (χ4n) is 2.97. The van der Waals surface area contributed by atoms with E-state index >= 15 is 0 Å². The monoisotopic (exact) mass is 196 g/mol. The topological polar surface area (TPSA) is 15.3 Å². The third-order valence-corrected chi connectivity index (χ3v) is 4.31. The van der Waals surface area contributed by atoms with Crippen molar-refractivity contribution in [1.29, 1.82) is 0 Å². The van der Waals surface area contributed by atoms with Crippen LogP contribution in [0.5, 0.6) is 0 Å². The Kier molecular flexibility index (Phi) is 3.13. The van der Waals surface area contributed by atoms with Crippen molar-refractivity contribution in [3.05, 3.63) is 0 Å². The molecule has 0 aromatic carbocycles. The van der Waals surface area contributed by atoms with Crippen LogP contribution in [0.3, 0.4) is 0 Å². The van der Waals surface area contributed by atoms with Crippen molar-refractivity contribution in [1.82, 2.24) is 10.2 Å². The molecule has 1 saturated carbocycles.